The maximum absolute atomic E-state index is 11.2. The van der Waals surface area contributed by atoms with Crippen molar-refractivity contribution in [2.45, 2.75) is 0 Å². The average molecular weight is 272 g/mol. The summed E-state index contributed by atoms with van der Waals surface area (Å²) < 4.78 is 4.91. The van der Waals surface area contributed by atoms with Crippen LogP contribution >= 0.6 is 11.6 Å². The molecule has 0 bridgehead atoms. The predicted molar refractivity (Wildman–Crippen MR) is 73.2 cm³/mol. The second-order valence-electron chi connectivity index (χ2n) is 3.72. The van der Waals surface area contributed by atoms with E-state index >= 15 is 0 Å². The zero-order valence-electron chi connectivity index (χ0n) is 10.3. The van der Waals surface area contributed by atoms with Gasteiger partial charge in [-0.15, -0.1) is 0 Å². The molecule has 6 heteroatoms. The van der Waals surface area contributed by atoms with Crippen molar-refractivity contribution >= 4 is 23.2 Å². The molecule has 0 atom stereocenters. The highest BCUT2D eigenvalue weighted by atomic mass is 35.5. The van der Waals surface area contributed by atoms with Crippen molar-refractivity contribution in [3.05, 3.63) is 28.8 Å². The van der Waals surface area contributed by atoms with Crippen LogP contribution in [-0.2, 0) is 4.74 Å². The Balaban J connectivity index is 2.45. The largest absolute Gasteiger partial charge is 0.383 e. The number of anilines is 1. The smallest absolute Gasteiger partial charge is 0.250 e. The van der Waals surface area contributed by atoms with Crippen molar-refractivity contribution in [3.8, 4) is 0 Å². The Labute approximate surface area is 112 Å². The molecule has 0 spiro atoms. The summed E-state index contributed by atoms with van der Waals surface area (Å²) >= 11 is 5.88. The van der Waals surface area contributed by atoms with E-state index in [0.29, 0.717) is 29.4 Å². The summed E-state index contributed by atoms with van der Waals surface area (Å²) in [4.78, 5) is 11.2. The van der Waals surface area contributed by atoms with Gasteiger partial charge in [0, 0.05) is 37.5 Å². The first-order valence-corrected chi connectivity index (χ1v) is 6.06. The molecule has 0 aliphatic heterocycles. The third kappa shape index (κ3) is 4.91. The number of rotatable bonds is 8. The van der Waals surface area contributed by atoms with Gasteiger partial charge >= 0.3 is 0 Å². The van der Waals surface area contributed by atoms with Gasteiger partial charge < -0.3 is 21.1 Å². The standard InChI is InChI=1S/C12H18ClN3O2/c1-18-7-6-15-4-5-16-11-8-9(13)2-3-10(11)12(14)17/h2-3,8,15-16H,4-7H2,1H3,(H2,14,17). The van der Waals surface area contributed by atoms with Crippen LogP contribution in [-0.4, -0.2) is 39.3 Å². The molecule has 1 rings (SSSR count). The maximum Gasteiger partial charge on any atom is 0.250 e. The van der Waals surface area contributed by atoms with Crippen LogP contribution in [0.2, 0.25) is 5.02 Å². The molecule has 0 aliphatic carbocycles. The van der Waals surface area contributed by atoms with Gasteiger partial charge in [-0.3, -0.25) is 4.79 Å². The van der Waals surface area contributed by atoms with E-state index in [-0.39, 0.29) is 0 Å². The Bertz CT molecular complexity index is 399. The first-order chi connectivity index (χ1) is 8.65. The monoisotopic (exact) mass is 271 g/mol. The lowest BCUT2D eigenvalue weighted by Gasteiger charge is -2.11. The molecule has 0 aliphatic rings. The first-order valence-electron chi connectivity index (χ1n) is 5.68. The first kappa shape index (κ1) is 14.8. The molecule has 100 valence electrons. The van der Waals surface area contributed by atoms with Crippen molar-refractivity contribution in [3.63, 3.8) is 0 Å². The molecule has 0 radical (unpaired) electrons. The number of benzene rings is 1. The van der Waals surface area contributed by atoms with E-state index in [9.17, 15) is 4.79 Å². The number of carbonyl (C=O) groups is 1. The number of hydrogen-bond donors (Lipinski definition) is 3. The van der Waals surface area contributed by atoms with Gasteiger partial charge in [-0.2, -0.15) is 0 Å². The number of methoxy groups -OCH3 is 1. The number of amides is 1. The van der Waals surface area contributed by atoms with Crippen LogP contribution in [0.15, 0.2) is 18.2 Å². The van der Waals surface area contributed by atoms with Gasteiger partial charge in [-0.1, -0.05) is 11.6 Å². The van der Waals surface area contributed by atoms with Crippen LogP contribution in [0.3, 0.4) is 0 Å². The molecule has 1 amide bonds. The Hall–Kier alpha value is -1.30. The van der Waals surface area contributed by atoms with Crippen molar-refractivity contribution in [2.24, 2.45) is 5.73 Å². The number of hydrogen-bond acceptors (Lipinski definition) is 4. The van der Waals surface area contributed by atoms with Crippen LogP contribution in [0.25, 0.3) is 0 Å². The minimum absolute atomic E-state index is 0.441. The van der Waals surface area contributed by atoms with E-state index in [1.54, 1.807) is 25.3 Å². The average Bonchev–Trinajstić information content (AvgIpc) is 2.33. The lowest BCUT2D eigenvalue weighted by Crippen LogP contribution is -2.26. The number of halogens is 1. The van der Waals surface area contributed by atoms with E-state index in [1.807, 2.05) is 0 Å². The summed E-state index contributed by atoms with van der Waals surface area (Å²) in [6, 6.07) is 4.95. The minimum atomic E-state index is -0.471. The molecule has 0 saturated carbocycles. The molecule has 0 heterocycles. The number of carbonyl (C=O) groups excluding carboxylic acids is 1. The zero-order valence-corrected chi connectivity index (χ0v) is 11.1. The van der Waals surface area contributed by atoms with E-state index in [2.05, 4.69) is 10.6 Å². The topological polar surface area (TPSA) is 76.4 Å². The summed E-state index contributed by atoms with van der Waals surface area (Å²) in [5.74, 6) is -0.471. The van der Waals surface area contributed by atoms with E-state index < -0.39 is 5.91 Å². The van der Waals surface area contributed by atoms with Gasteiger partial charge in [0.2, 0.25) is 0 Å². The molecule has 0 unspecified atom stereocenters. The third-order valence-electron chi connectivity index (χ3n) is 2.35. The van der Waals surface area contributed by atoms with Crippen molar-refractivity contribution in [2.75, 3.05) is 38.7 Å². The van der Waals surface area contributed by atoms with E-state index in [4.69, 9.17) is 22.1 Å². The number of nitrogens with one attached hydrogen (secondary N) is 2. The minimum Gasteiger partial charge on any atom is -0.383 e. The van der Waals surface area contributed by atoms with Crippen LogP contribution < -0.4 is 16.4 Å². The van der Waals surface area contributed by atoms with Crippen molar-refractivity contribution in [1.29, 1.82) is 0 Å². The van der Waals surface area contributed by atoms with E-state index in [0.717, 1.165) is 13.1 Å². The fourth-order valence-corrected chi connectivity index (χ4v) is 1.63. The summed E-state index contributed by atoms with van der Waals surface area (Å²) in [7, 11) is 1.66. The fourth-order valence-electron chi connectivity index (χ4n) is 1.46. The lowest BCUT2D eigenvalue weighted by atomic mass is 10.1. The van der Waals surface area contributed by atoms with Gasteiger partial charge in [0.25, 0.3) is 5.91 Å². The van der Waals surface area contributed by atoms with Crippen molar-refractivity contribution in [1.82, 2.24) is 5.32 Å². The van der Waals surface area contributed by atoms with E-state index in [1.165, 1.54) is 0 Å². The summed E-state index contributed by atoms with van der Waals surface area (Å²) in [6.07, 6.45) is 0. The van der Waals surface area contributed by atoms with Gasteiger partial charge in [0.05, 0.1) is 12.2 Å². The number of nitrogens with two attached hydrogens (primary N) is 1. The Morgan fingerprint density at radius 2 is 2.17 bits per heavy atom. The second kappa shape index (κ2) is 7.92. The quantitative estimate of drug-likeness (QED) is 0.619. The summed E-state index contributed by atoms with van der Waals surface area (Å²) in [5, 5.41) is 6.87. The molecule has 0 fully saturated rings. The highest BCUT2D eigenvalue weighted by molar-refractivity contribution is 6.31. The predicted octanol–water partition coefficient (Wildman–Crippen LogP) is 1.09. The highest BCUT2D eigenvalue weighted by Crippen LogP contribution is 2.20. The van der Waals surface area contributed by atoms with Crippen LogP contribution in [0.4, 0.5) is 5.69 Å². The van der Waals surface area contributed by atoms with Crippen LogP contribution in [0.1, 0.15) is 10.4 Å². The Morgan fingerprint density at radius 3 is 2.83 bits per heavy atom. The molecule has 5 nitrogen and oxygen atoms in total. The lowest BCUT2D eigenvalue weighted by molar-refractivity contribution is 0.100. The van der Waals surface area contributed by atoms with Crippen LogP contribution in [0.5, 0.6) is 0 Å². The van der Waals surface area contributed by atoms with Gasteiger partial charge in [0.15, 0.2) is 0 Å². The molecule has 1 aromatic rings. The van der Waals surface area contributed by atoms with Crippen molar-refractivity contribution < 1.29 is 9.53 Å². The normalized spacial score (nSPS) is 10.3. The summed E-state index contributed by atoms with van der Waals surface area (Å²) in [5.41, 5.74) is 6.38. The van der Waals surface area contributed by atoms with Gasteiger partial charge in [0.1, 0.15) is 0 Å². The molecule has 4 N–H and O–H groups in total. The molecule has 18 heavy (non-hydrogen) atoms. The molecule has 1 aromatic carbocycles. The Kier molecular flexibility index (Phi) is 6.49. The molecular formula is C12H18ClN3O2. The molecule has 0 saturated heterocycles. The second-order valence-corrected chi connectivity index (χ2v) is 4.16. The fraction of sp³-hybridized carbons (Fsp3) is 0.417. The highest BCUT2D eigenvalue weighted by Gasteiger charge is 2.07. The third-order valence-corrected chi connectivity index (χ3v) is 2.58. The molecular weight excluding hydrogens is 254 g/mol. The molecule has 0 aromatic heterocycles. The van der Waals surface area contributed by atoms with Gasteiger partial charge in [-0.25, -0.2) is 0 Å². The zero-order chi connectivity index (χ0) is 13.4. The maximum atomic E-state index is 11.2. The summed E-state index contributed by atoms with van der Waals surface area (Å²) in [6.45, 7) is 2.89. The number of ether oxygens (including phenoxy) is 1. The number of primary amides is 1. The SMILES string of the molecule is COCCNCCNc1cc(Cl)ccc1C(N)=O. The Morgan fingerprint density at radius 1 is 1.39 bits per heavy atom. The van der Waals surface area contributed by atoms with Crippen LogP contribution in [0, 0.1) is 0 Å². The van der Waals surface area contributed by atoms with Gasteiger partial charge in [-0.05, 0) is 18.2 Å².